The van der Waals surface area contributed by atoms with Gasteiger partial charge in [0.05, 0.1) is 17.4 Å². The molecule has 1 heterocycles. The van der Waals surface area contributed by atoms with E-state index in [-0.39, 0.29) is 16.9 Å². The van der Waals surface area contributed by atoms with E-state index in [1.165, 1.54) is 142 Å². The Morgan fingerprint density at radius 3 is 1.54 bits per heavy atom. The second-order valence-electron chi connectivity index (χ2n) is 16.5. The smallest absolute Gasteiger partial charge is 0.151 e. The fraction of sp³-hybridized carbons (Fsp3) is 0.280. The highest BCUT2D eigenvalue weighted by molar-refractivity contribution is 6.06. The van der Waals surface area contributed by atoms with Crippen LogP contribution in [0.5, 0.6) is 11.5 Å². The molecule has 2 saturated carbocycles. The van der Waals surface area contributed by atoms with Crippen molar-refractivity contribution >= 4 is 32.9 Å². The minimum atomic E-state index is 0.0523. The lowest BCUT2D eigenvalue weighted by Gasteiger charge is -2.41. The van der Waals surface area contributed by atoms with Gasteiger partial charge >= 0.3 is 0 Å². The lowest BCUT2D eigenvalue weighted by Crippen LogP contribution is -2.33. The Bertz CT molecular complexity index is 2390. The summed E-state index contributed by atoms with van der Waals surface area (Å²) in [4.78, 5) is 2.64. The third kappa shape index (κ3) is 3.80. The number of fused-ring (bicyclic) bond motifs is 16. The molecule has 2 heteroatoms. The van der Waals surface area contributed by atoms with Crippen molar-refractivity contribution in [2.24, 2.45) is 0 Å². The third-order valence-corrected chi connectivity index (χ3v) is 14.1. The topological polar surface area (TPSA) is 12.5 Å². The fourth-order valence-electron chi connectivity index (χ4n) is 11.8. The minimum Gasteiger partial charge on any atom is -0.453 e. The molecule has 0 aromatic heterocycles. The van der Waals surface area contributed by atoms with Crippen molar-refractivity contribution in [3.63, 3.8) is 0 Å². The quantitative estimate of drug-likeness (QED) is 0.172. The molecule has 0 bridgehead atoms. The zero-order valence-electron chi connectivity index (χ0n) is 29.8. The molecule has 2 fully saturated rings. The van der Waals surface area contributed by atoms with Crippen LogP contribution in [-0.4, -0.2) is 6.04 Å². The number of benzene rings is 6. The van der Waals surface area contributed by atoms with E-state index in [1.807, 2.05) is 0 Å². The highest BCUT2D eigenvalue weighted by Crippen LogP contribution is 2.64. The summed E-state index contributed by atoms with van der Waals surface area (Å²) >= 11 is 0. The molecule has 0 N–H and O–H groups in total. The van der Waals surface area contributed by atoms with Gasteiger partial charge in [-0.25, -0.2) is 0 Å². The van der Waals surface area contributed by atoms with Crippen LogP contribution in [0, 0.1) is 0 Å². The van der Waals surface area contributed by atoms with Crippen molar-refractivity contribution in [3.05, 3.63) is 144 Å². The molecule has 6 aromatic carbocycles. The Kier molecular flexibility index (Phi) is 6.09. The number of allylic oxidation sites excluding steroid dienone is 2. The van der Waals surface area contributed by atoms with Gasteiger partial charge in [-0.15, -0.1) is 0 Å². The first-order valence-electron chi connectivity index (χ1n) is 20.0. The van der Waals surface area contributed by atoms with Gasteiger partial charge in [-0.05, 0) is 122 Å². The minimum absolute atomic E-state index is 0.0523. The summed E-state index contributed by atoms with van der Waals surface area (Å²) in [6, 6.07) is 38.0. The summed E-state index contributed by atoms with van der Waals surface area (Å²) in [5.74, 6) is 2.05. The summed E-state index contributed by atoms with van der Waals surface area (Å²) < 4.78 is 7.31. The summed E-state index contributed by atoms with van der Waals surface area (Å²) in [7, 11) is 0. The second-order valence-corrected chi connectivity index (χ2v) is 16.5. The second kappa shape index (κ2) is 10.7. The van der Waals surface area contributed by atoms with Gasteiger partial charge in [0, 0.05) is 10.8 Å². The molecule has 5 aliphatic carbocycles. The number of hydrogen-bond acceptors (Lipinski definition) is 2. The number of nitrogens with zero attached hydrogens (tertiary/aromatic N) is 1. The molecule has 0 radical (unpaired) electrons. The van der Waals surface area contributed by atoms with Crippen molar-refractivity contribution in [1.29, 1.82) is 0 Å². The van der Waals surface area contributed by atoms with Crippen molar-refractivity contribution in [2.75, 3.05) is 4.90 Å². The molecule has 1 atom stereocenters. The molecule has 2 nitrogen and oxygen atoms in total. The standard InChI is InChI=1S/C50H43NO/c1-4-16-34(17-5-1)51-43-28-37-41(49(24-10-2-11-25-49)39-22-20-32-14-6-8-18-35(32)47(37)39)30-45(43)52-46-31-42-38(29-44(46)51)48-36-19-9-7-15-33(36)21-23-40(48)50(42)26-12-3-13-27-50/h1,4-9,14-16,18-23,28-31,34H,2-3,10-13,17,24-27H2. The van der Waals surface area contributed by atoms with E-state index in [2.05, 4.69) is 126 Å². The first kappa shape index (κ1) is 29.5. The molecule has 1 aliphatic heterocycles. The zero-order valence-corrected chi connectivity index (χ0v) is 29.8. The van der Waals surface area contributed by atoms with E-state index in [1.54, 1.807) is 0 Å². The highest BCUT2D eigenvalue weighted by Gasteiger charge is 2.48. The number of ether oxygens (including phenoxy) is 1. The van der Waals surface area contributed by atoms with Crippen LogP contribution in [0.1, 0.15) is 92.9 Å². The van der Waals surface area contributed by atoms with Crippen LogP contribution >= 0.6 is 0 Å². The third-order valence-electron chi connectivity index (χ3n) is 14.1. The monoisotopic (exact) mass is 673 g/mol. The maximum absolute atomic E-state index is 7.31. The van der Waals surface area contributed by atoms with E-state index in [9.17, 15) is 0 Å². The Morgan fingerprint density at radius 2 is 1.04 bits per heavy atom. The SMILES string of the molecule is C1=CCC(N2c3cc4c(cc3Oc3cc5c(cc32)-c2c(ccc3ccccc23)C52CCCCC2)C2(CCCCC2)c2ccc3ccccc3c2-4)C=C1. The van der Waals surface area contributed by atoms with Crippen LogP contribution in [0.4, 0.5) is 11.4 Å². The predicted octanol–water partition coefficient (Wildman–Crippen LogP) is 13.6. The predicted molar refractivity (Wildman–Crippen MR) is 215 cm³/mol. The Labute approximate surface area is 306 Å². The van der Waals surface area contributed by atoms with Crippen LogP contribution in [0.3, 0.4) is 0 Å². The van der Waals surface area contributed by atoms with Crippen molar-refractivity contribution < 1.29 is 4.74 Å². The Morgan fingerprint density at radius 1 is 0.519 bits per heavy atom. The summed E-state index contributed by atoms with van der Waals surface area (Å²) in [6.07, 6.45) is 22.8. The largest absolute Gasteiger partial charge is 0.453 e. The lowest BCUT2D eigenvalue weighted by atomic mass is 9.67. The normalized spacial score (nSPS) is 21.1. The molecule has 52 heavy (non-hydrogen) atoms. The summed E-state index contributed by atoms with van der Waals surface area (Å²) in [5.41, 5.74) is 14.3. The first-order chi connectivity index (χ1) is 25.7. The number of anilines is 2. The lowest BCUT2D eigenvalue weighted by molar-refractivity contribution is 0.350. The van der Waals surface area contributed by atoms with Crippen molar-refractivity contribution in [3.8, 4) is 33.8 Å². The van der Waals surface area contributed by atoms with Gasteiger partial charge in [-0.1, -0.05) is 136 Å². The van der Waals surface area contributed by atoms with E-state index < -0.39 is 0 Å². The van der Waals surface area contributed by atoms with Gasteiger partial charge in [-0.3, -0.25) is 0 Å². The average Bonchev–Trinajstić information content (AvgIpc) is 3.61. The van der Waals surface area contributed by atoms with Gasteiger partial charge in [-0.2, -0.15) is 0 Å². The molecule has 254 valence electrons. The van der Waals surface area contributed by atoms with Crippen LogP contribution in [0.2, 0.25) is 0 Å². The maximum Gasteiger partial charge on any atom is 0.151 e. The van der Waals surface area contributed by atoms with Crippen molar-refractivity contribution in [2.45, 2.75) is 87.5 Å². The first-order valence-corrected chi connectivity index (χ1v) is 20.0. The number of rotatable bonds is 1. The molecule has 0 amide bonds. The average molecular weight is 674 g/mol. The van der Waals surface area contributed by atoms with Crippen LogP contribution in [0.25, 0.3) is 43.8 Å². The molecule has 6 aliphatic rings. The van der Waals surface area contributed by atoms with Gasteiger partial charge in [0.25, 0.3) is 0 Å². The van der Waals surface area contributed by atoms with Crippen LogP contribution in [0.15, 0.2) is 121 Å². The Hall–Kier alpha value is -5.08. The summed E-state index contributed by atoms with van der Waals surface area (Å²) in [5, 5.41) is 5.42. The molecule has 0 saturated heterocycles. The maximum atomic E-state index is 7.31. The molecule has 12 rings (SSSR count). The molecule has 2 spiro atoms. The molecular formula is C50H43NO. The van der Waals surface area contributed by atoms with E-state index in [0.717, 1.165) is 17.9 Å². The van der Waals surface area contributed by atoms with Gasteiger partial charge in [0.1, 0.15) is 0 Å². The van der Waals surface area contributed by atoms with E-state index >= 15 is 0 Å². The van der Waals surface area contributed by atoms with E-state index in [0.29, 0.717) is 0 Å². The van der Waals surface area contributed by atoms with Gasteiger partial charge in [0.15, 0.2) is 11.5 Å². The highest BCUT2D eigenvalue weighted by atomic mass is 16.5. The van der Waals surface area contributed by atoms with Crippen molar-refractivity contribution in [1.82, 2.24) is 0 Å². The summed E-state index contributed by atoms with van der Waals surface area (Å²) in [6.45, 7) is 0. The van der Waals surface area contributed by atoms with Gasteiger partial charge < -0.3 is 9.64 Å². The zero-order chi connectivity index (χ0) is 34.0. The number of hydrogen-bond donors (Lipinski definition) is 0. The fourth-order valence-corrected chi connectivity index (χ4v) is 11.8. The van der Waals surface area contributed by atoms with Crippen LogP contribution in [-0.2, 0) is 10.8 Å². The van der Waals surface area contributed by atoms with Gasteiger partial charge in [0.2, 0.25) is 0 Å². The molecule has 1 unspecified atom stereocenters. The van der Waals surface area contributed by atoms with E-state index in [4.69, 9.17) is 4.74 Å². The van der Waals surface area contributed by atoms with Crippen LogP contribution < -0.4 is 9.64 Å². The molecule has 6 aromatic rings. The molecular weight excluding hydrogens is 631 g/mol. The Balaban J connectivity index is 1.12.